The second-order valence-corrected chi connectivity index (χ2v) is 5.09. The molecule has 1 unspecified atom stereocenters. The Kier molecular flexibility index (Phi) is 7.68. The Labute approximate surface area is 120 Å². The van der Waals surface area contributed by atoms with E-state index >= 15 is 0 Å². The molecule has 0 amide bonds. The summed E-state index contributed by atoms with van der Waals surface area (Å²) in [4.78, 5) is 0. The van der Waals surface area contributed by atoms with Crippen LogP contribution in [0.3, 0.4) is 0 Å². The minimum absolute atomic E-state index is 0.126. The fourth-order valence-corrected chi connectivity index (χ4v) is 2.25. The van der Waals surface area contributed by atoms with Crippen LogP contribution in [0.5, 0.6) is 0 Å². The summed E-state index contributed by atoms with van der Waals surface area (Å²) in [5.41, 5.74) is 1.05. The van der Waals surface area contributed by atoms with Crippen molar-refractivity contribution < 1.29 is 4.74 Å². The predicted molar refractivity (Wildman–Crippen MR) is 78.6 cm³/mol. The van der Waals surface area contributed by atoms with Gasteiger partial charge in [0.05, 0.1) is 12.6 Å². The Bertz CT molecular complexity index is 358. The summed E-state index contributed by atoms with van der Waals surface area (Å²) >= 11 is 12.2. The van der Waals surface area contributed by atoms with E-state index in [1.165, 1.54) is 0 Å². The fraction of sp³-hybridized carbons (Fsp3) is 0.571. The van der Waals surface area contributed by atoms with Crippen LogP contribution in [0.2, 0.25) is 10.0 Å². The fourth-order valence-electron chi connectivity index (χ4n) is 1.71. The lowest BCUT2D eigenvalue weighted by atomic mass is 10.1. The van der Waals surface area contributed by atoms with Gasteiger partial charge in [0, 0.05) is 16.7 Å². The van der Waals surface area contributed by atoms with Crippen LogP contribution in [0, 0.1) is 0 Å². The third-order valence-electron chi connectivity index (χ3n) is 2.61. The molecule has 1 rings (SSSR count). The Morgan fingerprint density at radius 2 is 2.00 bits per heavy atom. The van der Waals surface area contributed by atoms with Crippen LogP contribution in [0.25, 0.3) is 0 Å². The SMILES string of the molecule is CCCNC(COCCC)c1ccc(Cl)cc1Cl. The largest absolute Gasteiger partial charge is 0.379 e. The van der Waals surface area contributed by atoms with Crippen molar-refractivity contribution in [1.82, 2.24) is 5.32 Å². The van der Waals surface area contributed by atoms with Crippen LogP contribution >= 0.6 is 23.2 Å². The molecule has 0 fully saturated rings. The molecule has 0 saturated heterocycles. The van der Waals surface area contributed by atoms with E-state index in [1.807, 2.05) is 12.1 Å². The molecule has 0 spiro atoms. The maximum absolute atomic E-state index is 6.24. The van der Waals surface area contributed by atoms with Gasteiger partial charge in [-0.05, 0) is 37.1 Å². The summed E-state index contributed by atoms with van der Waals surface area (Å²) in [5, 5.41) is 4.80. The molecule has 0 aliphatic rings. The van der Waals surface area contributed by atoms with E-state index in [1.54, 1.807) is 6.07 Å². The molecular formula is C14H21Cl2NO. The smallest absolute Gasteiger partial charge is 0.0662 e. The van der Waals surface area contributed by atoms with Gasteiger partial charge in [-0.25, -0.2) is 0 Å². The number of ether oxygens (including phenoxy) is 1. The predicted octanol–water partition coefficient (Wildman–Crippen LogP) is 4.46. The van der Waals surface area contributed by atoms with E-state index in [-0.39, 0.29) is 6.04 Å². The van der Waals surface area contributed by atoms with Gasteiger partial charge in [0.1, 0.15) is 0 Å². The standard InChI is InChI=1S/C14H21Cl2NO/c1-3-7-17-14(10-18-8-4-2)12-6-5-11(15)9-13(12)16/h5-6,9,14,17H,3-4,7-8,10H2,1-2H3. The van der Waals surface area contributed by atoms with Crippen molar-refractivity contribution in [3.63, 3.8) is 0 Å². The van der Waals surface area contributed by atoms with Gasteiger partial charge in [-0.15, -0.1) is 0 Å². The van der Waals surface area contributed by atoms with Crippen LogP contribution in [-0.2, 0) is 4.74 Å². The quantitative estimate of drug-likeness (QED) is 0.714. The molecular weight excluding hydrogens is 269 g/mol. The zero-order chi connectivity index (χ0) is 13.4. The number of halogens is 2. The zero-order valence-corrected chi connectivity index (χ0v) is 12.5. The minimum Gasteiger partial charge on any atom is -0.379 e. The summed E-state index contributed by atoms with van der Waals surface area (Å²) < 4.78 is 5.63. The van der Waals surface area contributed by atoms with Crippen LogP contribution in [0.1, 0.15) is 38.3 Å². The molecule has 1 aromatic carbocycles. The molecule has 0 radical (unpaired) electrons. The second-order valence-electron chi connectivity index (χ2n) is 4.25. The van der Waals surface area contributed by atoms with Gasteiger partial charge in [0.2, 0.25) is 0 Å². The summed E-state index contributed by atoms with van der Waals surface area (Å²) in [5.74, 6) is 0. The number of hydrogen-bond acceptors (Lipinski definition) is 2. The van der Waals surface area contributed by atoms with Crippen molar-refractivity contribution in [2.45, 2.75) is 32.7 Å². The van der Waals surface area contributed by atoms with E-state index in [2.05, 4.69) is 19.2 Å². The van der Waals surface area contributed by atoms with Crippen LogP contribution < -0.4 is 5.32 Å². The Morgan fingerprint density at radius 1 is 1.22 bits per heavy atom. The average Bonchev–Trinajstić information content (AvgIpc) is 2.34. The Hall–Kier alpha value is -0.280. The Balaban J connectivity index is 2.73. The first-order valence-electron chi connectivity index (χ1n) is 6.45. The molecule has 1 N–H and O–H groups in total. The van der Waals surface area contributed by atoms with Crippen molar-refractivity contribution in [2.75, 3.05) is 19.8 Å². The highest BCUT2D eigenvalue weighted by Gasteiger charge is 2.14. The normalized spacial score (nSPS) is 12.7. The van der Waals surface area contributed by atoms with E-state index in [0.717, 1.165) is 31.6 Å². The molecule has 1 atom stereocenters. The van der Waals surface area contributed by atoms with Gasteiger partial charge in [-0.3, -0.25) is 0 Å². The van der Waals surface area contributed by atoms with Crippen molar-refractivity contribution in [3.8, 4) is 0 Å². The number of nitrogens with one attached hydrogen (secondary N) is 1. The summed E-state index contributed by atoms with van der Waals surface area (Å²) in [6, 6.07) is 5.73. The highest BCUT2D eigenvalue weighted by Crippen LogP contribution is 2.26. The molecule has 2 nitrogen and oxygen atoms in total. The molecule has 1 aromatic rings. The lowest BCUT2D eigenvalue weighted by Gasteiger charge is -2.20. The van der Waals surface area contributed by atoms with Crippen molar-refractivity contribution in [2.24, 2.45) is 0 Å². The first-order valence-corrected chi connectivity index (χ1v) is 7.20. The molecule has 0 bridgehead atoms. The highest BCUT2D eigenvalue weighted by atomic mass is 35.5. The monoisotopic (exact) mass is 289 g/mol. The molecule has 0 saturated carbocycles. The zero-order valence-electron chi connectivity index (χ0n) is 11.0. The van der Waals surface area contributed by atoms with E-state index in [4.69, 9.17) is 27.9 Å². The summed E-state index contributed by atoms with van der Waals surface area (Å²) in [7, 11) is 0. The molecule has 18 heavy (non-hydrogen) atoms. The molecule has 0 aliphatic carbocycles. The second kappa shape index (κ2) is 8.76. The first kappa shape index (κ1) is 15.8. The minimum atomic E-state index is 0.126. The van der Waals surface area contributed by atoms with Gasteiger partial charge < -0.3 is 10.1 Å². The lowest BCUT2D eigenvalue weighted by Crippen LogP contribution is -2.26. The van der Waals surface area contributed by atoms with Crippen LogP contribution in [-0.4, -0.2) is 19.8 Å². The van der Waals surface area contributed by atoms with E-state index in [9.17, 15) is 0 Å². The molecule has 0 heterocycles. The molecule has 4 heteroatoms. The summed E-state index contributed by atoms with van der Waals surface area (Å²) in [6.07, 6.45) is 2.10. The average molecular weight is 290 g/mol. The molecule has 0 aliphatic heterocycles. The summed E-state index contributed by atoms with van der Waals surface area (Å²) in [6.45, 7) is 6.59. The Morgan fingerprint density at radius 3 is 2.61 bits per heavy atom. The van der Waals surface area contributed by atoms with Gasteiger partial charge in [-0.1, -0.05) is 43.1 Å². The lowest BCUT2D eigenvalue weighted by molar-refractivity contribution is 0.112. The molecule has 0 aromatic heterocycles. The molecule has 102 valence electrons. The van der Waals surface area contributed by atoms with E-state index in [0.29, 0.717) is 16.7 Å². The van der Waals surface area contributed by atoms with Crippen LogP contribution in [0.15, 0.2) is 18.2 Å². The van der Waals surface area contributed by atoms with Crippen LogP contribution in [0.4, 0.5) is 0 Å². The number of rotatable bonds is 8. The number of hydrogen-bond donors (Lipinski definition) is 1. The van der Waals surface area contributed by atoms with Gasteiger partial charge in [0.15, 0.2) is 0 Å². The van der Waals surface area contributed by atoms with Crippen molar-refractivity contribution in [3.05, 3.63) is 33.8 Å². The third-order valence-corrected chi connectivity index (χ3v) is 3.17. The van der Waals surface area contributed by atoms with Crippen molar-refractivity contribution >= 4 is 23.2 Å². The number of benzene rings is 1. The van der Waals surface area contributed by atoms with Gasteiger partial charge >= 0.3 is 0 Å². The maximum atomic E-state index is 6.24. The highest BCUT2D eigenvalue weighted by molar-refractivity contribution is 6.35. The van der Waals surface area contributed by atoms with Gasteiger partial charge in [0.25, 0.3) is 0 Å². The topological polar surface area (TPSA) is 21.3 Å². The van der Waals surface area contributed by atoms with Gasteiger partial charge in [-0.2, -0.15) is 0 Å². The third kappa shape index (κ3) is 5.15. The van der Waals surface area contributed by atoms with E-state index < -0.39 is 0 Å². The maximum Gasteiger partial charge on any atom is 0.0662 e. The first-order chi connectivity index (χ1) is 8.69. The van der Waals surface area contributed by atoms with Crippen molar-refractivity contribution in [1.29, 1.82) is 0 Å².